The molecular weight excluding hydrogens is 448 g/mol. The average molecular weight is 471 g/mol. The second-order valence-electron chi connectivity index (χ2n) is 6.82. The van der Waals surface area contributed by atoms with Gasteiger partial charge in [0.05, 0.1) is 18.9 Å². The molecule has 33 heavy (non-hydrogen) atoms. The van der Waals surface area contributed by atoms with Crippen LogP contribution in [-0.2, 0) is 4.79 Å². The lowest BCUT2D eigenvalue weighted by atomic mass is 10.2. The van der Waals surface area contributed by atoms with Crippen LogP contribution >= 0.6 is 11.8 Å². The molecule has 1 atom stereocenters. The number of thioether (sulfide) groups is 1. The summed E-state index contributed by atoms with van der Waals surface area (Å²) in [6, 6.07) is 14.0. The predicted molar refractivity (Wildman–Crippen MR) is 119 cm³/mol. The van der Waals surface area contributed by atoms with E-state index in [2.05, 4.69) is 26.2 Å². The lowest BCUT2D eigenvalue weighted by molar-refractivity contribution is -0.117. The fourth-order valence-corrected chi connectivity index (χ4v) is 3.72. The molecule has 1 aliphatic rings. The molecule has 3 amide bonds. The second-order valence-corrected chi connectivity index (χ2v) is 7.76. The number of hydrogen-bond donors (Lipinski definition) is 2. The topological polar surface area (TPSA) is 129 Å². The van der Waals surface area contributed by atoms with Crippen LogP contribution in [-0.4, -0.2) is 63.8 Å². The van der Waals surface area contributed by atoms with Crippen LogP contribution in [0.15, 0.2) is 53.7 Å². The highest BCUT2D eigenvalue weighted by molar-refractivity contribution is 7.99. The van der Waals surface area contributed by atoms with Crippen molar-refractivity contribution in [3.05, 3.63) is 48.5 Å². The van der Waals surface area contributed by atoms with Gasteiger partial charge in [0, 0.05) is 0 Å². The van der Waals surface area contributed by atoms with Crippen LogP contribution < -0.4 is 24.8 Å². The van der Waals surface area contributed by atoms with Crippen molar-refractivity contribution in [2.45, 2.75) is 18.2 Å². The normalized spacial score (nSPS) is 14.4. The molecule has 0 aliphatic carbocycles. The van der Waals surface area contributed by atoms with Gasteiger partial charge >= 0.3 is 6.03 Å². The quantitative estimate of drug-likeness (QED) is 0.474. The SMILES string of the molecule is CCOc1ccccc1-n1nnnc1SCC(=O)NC(=O)NCC1COc2ccccc2O1. The van der Waals surface area contributed by atoms with Crippen LogP contribution in [0.4, 0.5) is 4.79 Å². The maximum atomic E-state index is 12.2. The van der Waals surface area contributed by atoms with E-state index in [1.165, 1.54) is 4.68 Å². The third-order valence-corrected chi connectivity index (χ3v) is 5.40. The Hall–Kier alpha value is -3.80. The van der Waals surface area contributed by atoms with E-state index in [-0.39, 0.29) is 18.4 Å². The average Bonchev–Trinajstić information content (AvgIpc) is 3.30. The van der Waals surface area contributed by atoms with Crippen LogP contribution in [0.5, 0.6) is 17.2 Å². The van der Waals surface area contributed by atoms with E-state index in [4.69, 9.17) is 14.2 Å². The molecule has 3 aromatic rings. The number of rotatable bonds is 8. The summed E-state index contributed by atoms with van der Waals surface area (Å²) in [4.78, 5) is 24.3. The zero-order chi connectivity index (χ0) is 23.0. The maximum absolute atomic E-state index is 12.2. The Morgan fingerprint density at radius 1 is 1.18 bits per heavy atom. The van der Waals surface area contributed by atoms with Crippen molar-refractivity contribution in [1.29, 1.82) is 0 Å². The highest BCUT2D eigenvalue weighted by Crippen LogP contribution is 2.30. The van der Waals surface area contributed by atoms with E-state index >= 15 is 0 Å². The summed E-state index contributed by atoms with van der Waals surface area (Å²) in [5, 5.41) is 16.9. The van der Waals surface area contributed by atoms with E-state index in [1.54, 1.807) is 6.07 Å². The van der Waals surface area contributed by atoms with Crippen molar-refractivity contribution in [2.24, 2.45) is 0 Å². The van der Waals surface area contributed by atoms with Gasteiger partial charge in [-0.25, -0.2) is 4.79 Å². The number of fused-ring (bicyclic) bond motifs is 1. The van der Waals surface area contributed by atoms with Crippen molar-refractivity contribution >= 4 is 23.7 Å². The summed E-state index contributed by atoms with van der Waals surface area (Å²) in [5.74, 6) is 1.36. The molecule has 0 spiro atoms. The number of benzene rings is 2. The van der Waals surface area contributed by atoms with Gasteiger partial charge in [-0.2, -0.15) is 4.68 Å². The first-order valence-corrected chi connectivity index (χ1v) is 11.2. The van der Waals surface area contributed by atoms with Crippen molar-refractivity contribution < 1.29 is 23.8 Å². The van der Waals surface area contributed by atoms with E-state index in [1.807, 2.05) is 49.4 Å². The van der Waals surface area contributed by atoms with Gasteiger partial charge in [-0.1, -0.05) is 36.0 Å². The van der Waals surface area contributed by atoms with Crippen molar-refractivity contribution in [3.63, 3.8) is 0 Å². The van der Waals surface area contributed by atoms with Gasteiger partial charge in [-0.05, 0) is 41.6 Å². The van der Waals surface area contributed by atoms with Crippen molar-refractivity contribution in [3.8, 4) is 22.9 Å². The predicted octanol–water partition coefficient (Wildman–Crippen LogP) is 1.82. The Labute approximate surface area is 193 Å². The summed E-state index contributed by atoms with van der Waals surface area (Å²) in [7, 11) is 0. The van der Waals surface area contributed by atoms with Gasteiger partial charge < -0.3 is 19.5 Å². The largest absolute Gasteiger partial charge is 0.492 e. The Balaban J connectivity index is 1.25. The molecule has 0 saturated heterocycles. The summed E-state index contributed by atoms with van der Waals surface area (Å²) in [6.07, 6.45) is -0.356. The van der Waals surface area contributed by atoms with Crippen molar-refractivity contribution in [1.82, 2.24) is 30.8 Å². The number of carbonyl (C=O) groups is 2. The van der Waals surface area contributed by atoms with Gasteiger partial charge in [-0.15, -0.1) is 5.10 Å². The van der Waals surface area contributed by atoms with Gasteiger partial charge in [-0.3, -0.25) is 10.1 Å². The monoisotopic (exact) mass is 470 g/mol. The molecule has 4 rings (SSSR count). The molecule has 2 heterocycles. The van der Waals surface area contributed by atoms with Gasteiger partial charge in [0.25, 0.3) is 0 Å². The van der Waals surface area contributed by atoms with E-state index in [0.29, 0.717) is 41.3 Å². The van der Waals surface area contributed by atoms with Crippen LogP contribution in [0.2, 0.25) is 0 Å². The number of hydrogen-bond acceptors (Lipinski definition) is 9. The zero-order valence-corrected chi connectivity index (χ0v) is 18.6. The Bertz CT molecular complexity index is 1120. The molecule has 1 unspecified atom stereocenters. The maximum Gasteiger partial charge on any atom is 0.321 e. The number of urea groups is 1. The third-order valence-electron chi connectivity index (χ3n) is 4.48. The smallest absolute Gasteiger partial charge is 0.321 e. The number of tetrazole rings is 1. The lowest BCUT2D eigenvalue weighted by Crippen LogP contribution is -2.46. The van der Waals surface area contributed by atoms with Gasteiger partial charge in [0.15, 0.2) is 17.6 Å². The standard InChI is InChI=1S/C21H22N6O5S/c1-2-30-16-8-4-3-7-15(16)27-21(24-25-26-27)33-13-19(28)23-20(29)22-11-14-12-31-17-9-5-6-10-18(17)32-14/h3-10,14H,2,11-13H2,1H3,(H2,22,23,28,29). The van der Waals surface area contributed by atoms with Crippen LogP contribution in [0.3, 0.4) is 0 Å². The van der Waals surface area contributed by atoms with Crippen LogP contribution in [0.1, 0.15) is 6.92 Å². The van der Waals surface area contributed by atoms with Gasteiger partial charge in [0.1, 0.15) is 18.0 Å². The molecule has 0 saturated carbocycles. The number of para-hydroxylation sites is 4. The Morgan fingerprint density at radius 2 is 1.97 bits per heavy atom. The summed E-state index contributed by atoms with van der Waals surface area (Å²) < 4.78 is 18.5. The number of aromatic nitrogens is 4. The number of nitrogens with zero attached hydrogens (tertiary/aromatic N) is 4. The highest BCUT2D eigenvalue weighted by atomic mass is 32.2. The number of carbonyl (C=O) groups excluding carboxylic acids is 2. The number of nitrogens with one attached hydrogen (secondary N) is 2. The first-order valence-electron chi connectivity index (χ1n) is 10.2. The molecule has 11 nitrogen and oxygen atoms in total. The molecular formula is C21H22N6O5S. The molecule has 172 valence electrons. The summed E-state index contributed by atoms with van der Waals surface area (Å²) >= 11 is 1.10. The van der Waals surface area contributed by atoms with Crippen molar-refractivity contribution in [2.75, 3.05) is 25.5 Å². The first-order chi connectivity index (χ1) is 16.1. The minimum Gasteiger partial charge on any atom is -0.492 e. The Kier molecular flexibility index (Phi) is 7.25. The van der Waals surface area contributed by atoms with E-state index in [9.17, 15) is 9.59 Å². The molecule has 1 aromatic heterocycles. The second kappa shape index (κ2) is 10.7. The minimum atomic E-state index is -0.621. The third kappa shape index (κ3) is 5.71. The fourth-order valence-electron chi connectivity index (χ4n) is 3.04. The number of ether oxygens (including phenoxy) is 3. The molecule has 0 fully saturated rings. The van der Waals surface area contributed by atoms with E-state index < -0.39 is 11.9 Å². The molecule has 0 radical (unpaired) electrons. The highest BCUT2D eigenvalue weighted by Gasteiger charge is 2.21. The number of amides is 3. The summed E-state index contributed by atoms with van der Waals surface area (Å²) in [6.45, 7) is 2.86. The molecule has 0 bridgehead atoms. The van der Waals surface area contributed by atoms with Gasteiger partial charge in [0.2, 0.25) is 11.1 Å². The fraction of sp³-hybridized carbons (Fsp3) is 0.286. The van der Waals surface area contributed by atoms with Crippen LogP contribution in [0.25, 0.3) is 5.69 Å². The molecule has 12 heteroatoms. The molecule has 2 aromatic carbocycles. The lowest BCUT2D eigenvalue weighted by Gasteiger charge is -2.26. The first kappa shape index (κ1) is 22.4. The molecule has 1 aliphatic heterocycles. The summed E-state index contributed by atoms with van der Waals surface area (Å²) in [5.41, 5.74) is 0.654. The minimum absolute atomic E-state index is 0.0546. The zero-order valence-electron chi connectivity index (χ0n) is 17.8. The van der Waals surface area contributed by atoms with Crippen LogP contribution in [0, 0.1) is 0 Å². The van der Waals surface area contributed by atoms with E-state index in [0.717, 1.165) is 11.8 Å². The Morgan fingerprint density at radius 3 is 2.82 bits per heavy atom. The molecule has 2 N–H and O–H groups in total. The number of imide groups is 1.